The van der Waals surface area contributed by atoms with Gasteiger partial charge in [-0.15, -0.1) is 0 Å². The van der Waals surface area contributed by atoms with E-state index in [0.29, 0.717) is 5.56 Å². The van der Waals surface area contributed by atoms with E-state index in [1.807, 2.05) is 18.2 Å². The first-order chi connectivity index (χ1) is 8.31. The van der Waals surface area contributed by atoms with E-state index in [1.165, 1.54) is 0 Å². The number of rotatable bonds is 1. The monoisotopic (exact) mass is 219 g/mol. The van der Waals surface area contributed by atoms with Crippen LogP contribution in [0.1, 0.15) is 16.9 Å². The zero-order chi connectivity index (χ0) is 12.3. The minimum absolute atomic E-state index is 0.00569. The molecule has 2 aromatic rings. The molecule has 1 aromatic carbocycles. The lowest BCUT2D eigenvalue weighted by atomic mass is 10.1. The van der Waals surface area contributed by atoms with Crippen molar-refractivity contribution in [1.29, 1.82) is 15.8 Å². The SMILES string of the molecule is N#Cc1oc(-c2ccccc2)c(C#N)c1C#N. The highest BCUT2D eigenvalue weighted by atomic mass is 16.3. The molecule has 4 nitrogen and oxygen atoms in total. The Balaban J connectivity index is 2.75. The molecule has 0 aliphatic rings. The van der Waals surface area contributed by atoms with E-state index in [2.05, 4.69) is 0 Å². The molecule has 1 aromatic heterocycles. The minimum Gasteiger partial charge on any atom is -0.443 e. The smallest absolute Gasteiger partial charge is 0.223 e. The third kappa shape index (κ3) is 1.63. The Morgan fingerprint density at radius 1 is 0.824 bits per heavy atom. The molecule has 0 saturated carbocycles. The van der Waals surface area contributed by atoms with Crippen molar-refractivity contribution in [2.45, 2.75) is 0 Å². The Kier molecular flexibility index (Phi) is 2.61. The molecule has 0 bridgehead atoms. The van der Waals surface area contributed by atoms with Gasteiger partial charge in [0.15, 0.2) is 5.76 Å². The van der Waals surface area contributed by atoms with Crippen LogP contribution in [-0.2, 0) is 0 Å². The first kappa shape index (κ1) is 10.5. The van der Waals surface area contributed by atoms with Crippen LogP contribution in [0.3, 0.4) is 0 Å². The predicted molar refractivity (Wildman–Crippen MR) is 58.3 cm³/mol. The van der Waals surface area contributed by atoms with Crippen LogP contribution in [-0.4, -0.2) is 0 Å². The second-order valence-corrected chi connectivity index (χ2v) is 3.21. The average molecular weight is 219 g/mol. The number of hydrogen-bond acceptors (Lipinski definition) is 4. The maximum atomic E-state index is 9.03. The Morgan fingerprint density at radius 3 is 2.00 bits per heavy atom. The molecular formula is C13H5N3O. The number of nitriles is 3. The van der Waals surface area contributed by atoms with E-state index in [0.717, 1.165) is 0 Å². The maximum absolute atomic E-state index is 9.03. The van der Waals surface area contributed by atoms with Crippen molar-refractivity contribution in [2.24, 2.45) is 0 Å². The van der Waals surface area contributed by atoms with Gasteiger partial charge in [0.25, 0.3) is 0 Å². The third-order valence-electron chi connectivity index (χ3n) is 2.27. The first-order valence-electron chi connectivity index (χ1n) is 4.74. The fourth-order valence-electron chi connectivity index (χ4n) is 1.52. The maximum Gasteiger partial charge on any atom is 0.223 e. The highest BCUT2D eigenvalue weighted by molar-refractivity contribution is 5.71. The van der Waals surface area contributed by atoms with Crippen molar-refractivity contribution >= 4 is 0 Å². The normalized spacial score (nSPS) is 9.00. The number of hydrogen-bond donors (Lipinski definition) is 0. The van der Waals surface area contributed by atoms with Gasteiger partial charge in [0.05, 0.1) is 0 Å². The van der Waals surface area contributed by atoms with Gasteiger partial charge in [-0.25, -0.2) is 0 Å². The Labute approximate surface area is 97.6 Å². The lowest BCUT2D eigenvalue weighted by molar-refractivity contribution is 0.566. The molecule has 4 heteroatoms. The zero-order valence-corrected chi connectivity index (χ0v) is 8.64. The molecule has 0 atom stereocenters. The fourth-order valence-corrected chi connectivity index (χ4v) is 1.52. The van der Waals surface area contributed by atoms with Crippen LogP contribution in [0.2, 0.25) is 0 Å². The van der Waals surface area contributed by atoms with E-state index < -0.39 is 0 Å². The first-order valence-corrected chi connectivity index (χ1v) is 4.74. The molecule has 0 fully saturated rings. The molecule has 78 valence electrons. The Bertz CT molecular complexity index is 678. The van der Waals surface area contributed by atoms with Gasteiger partial charge in [0.2, 0.25) is 5.76 Å². The van der Waals surface area contributed by atoms with Gasteiger partial charge >= 0.3 is 0 Å². The van der Waals surface area contributed by atoms with Gasteiger partial charge in [-0.2, -0.15) is 15.8 Å². The summed E-state index contributed by atoms with van der Waals surface area (Å²) < 4.78 is 5.26. The quantitative estimate of drug-likeness (QED) is 0.737. The number of benzene rings is 1. The Morgan fingerprint density at radius 2 is 1.47 bits per heavy atom. The fraction of sp³-hybridized carbons (Fsp3) is 0. The molecule has 0 aliphatic carbocycles. The summed E-state index contributed by atoms with van der Waals surface area (Å²) in [6.45, 7) is 0. The van der Waals surface area contributed by atoms with E-state index in [9.17, 15) is 0 Å². The molecule has 0 N–H and O–H groups in total. The van der Waals surface area contributed by atoms with E-state index >= 15 is 0 Å². The standard InChI is InChI=1S/C13H5N3O/c14-6-10-11(7-15)13(17-12(10)8-16)9-4-2-1-3-5-9/h1-5H. The van der Waals surface area contributed by atoms with Crippen molar-refractivity contribution in [1.82, 2.24) is 0 Å². The highest BCUT2D eigenvalue weighted by Crippen LogP contribution is 2.30. The van der Waals surface area contributed by atoms with Crippen LogP contribution in [0.5, 0.6) is 0 Å². The minimum atomic E-state index is -0.122. The molecule has 17 heavy (non-hydrogen) atoms. The van der Waals surface area contributed by atoms with Gasteiger partial charge in [0, 0.05) is 5.56 Å². The number of nitrogens with zero attached hydrogens (tertiary/aromatic N) is 3. The summed E-state index contributed by atoms with van der Waals surface area (Å²) >= 11 is 0. The lowest BCUT2D eigenvalue weighted by Gasteiger charge is -1.95. The van der Waals surface area contributed by atoms with Gasteiger partial charge < -0.3 is 4.42 Å². The molecular weight excluding hydrogens is 214 g/mol. The van der Waals surface area contributed by atoms with Crippen LogP contribution >= 0.6 is 0 Å². The highest BCUT2D eigenvalue weighted by Gasteiger charge is 2.20. The van der Waals surface area contributed by atoms with Crippen molar-refractivity contribution in [2.75, 3.05) is 0 Å². The average Bonchev–Trinajstić information content (AvgIpc) is 2.77. The van der Waals surface area contributed by atoms with Gasteiger partial charge in [-0.1, -0.05) is 30.3 Å². The van der Waals surface area contributed by atoms with E-state index in [1.54, 1.807) is 30.3 Å². The van der Waals surface area contributed by atoms with Crippen LogP contribution in [0.25, 0.3) is 11.3 Å². The summed E-state index contributed by atoms with van der Waals surface area (Å²) in [6, 6.07) is 14.4. The van der Waals surface area contributed by atoms with E-state index in [4.69, 9.17) is 20.2 Å². The largest absolute Gasteiger partial charge is 0.443 e. The molecule has 2 rings (SSSR count). The Hall–Kier alpha value is -3.03. The predicted octanol–water partition coefficient (Wildman–Crippen LogP) is 2.56. The summed E-state index contributed by atoms with van der Waals surface area (Å²) in [5.41, 5.74) is 0.770. The van der Waals surface area contributed by atoms with Crippen molar-refractivity contribution in [3.8, 4) is 29.5 Å². The zero-order valence-electron chi connectivity index (χ0n) is 8.64. The second-order valence-electron chi connectivity index (χ2n) is 3.21. The van der Waals surface area contributed by atoms with E-state index in [-0.39, 0.29) is 22.6 Å². The third-order valence-corrected chi connectivity index (χ3v) is 2.27. The summed E-state index contributed by atoms with van der Waals surface area (Å²) in [5, 5.41) is 26.8. The van der Waals surface area contributed by atoms with Gasteiger partial charge in [-0.3, -0.25) is 0 Å². The molecule has 0 amide bonds. The topological polar surface area (TPSA) is 84.5 Å². The van der Waals surface area contributed by atoms with Gasteiger partial charge in [0.1, 0.15) is 29.3 Å². The summed E-state index contributed by atoms with van der Waals surface area (Å²) in [6.07, 6.45) is 0. The van der Waals surface area contributed by atoms with Gasteiger partial charge in [-0.05, 0) is 0 Å². The summed E-state index contributed by atoms with van der Waals surface area (Å²) in [7, 11) is 0. The lowest BCUT2D eigenvalue weighted by Crippen LogP contribution is -1.81. The summed E-state index contributed by atoms with van der Waals surface area (Å²) in [4.78, 5) is 0. The van der Waals surface area contributed by atoms with Crippen LogP contribution in [0.15, 0.2) is 34.7 Å². The van der Waals surface area contributed by atoms with Crippen molar-refractivity contribution in [3.63, 3.8) is 0 Å². The molecule has 0 spiro atoms. The second kappa shape index (κ2) is 4.23. The van der Waals surface area contributed by atoms with Crippen LogP contribution in [0, 0.1) is 34.0 Å². The van der Waals surface area contributed by atoms with Crippen LogP contribution in [0.4, 0.5) is 0 Å². The van der Waals surface area contributed by atoms with Crippen LogP contribution < -0.4 is 0 Å². The van der Waals surface area contributed by atoms with Crippen molar-refractivity contribution < 1.29 is 4.42 Å². The van der Waals surface area contributed by atoms with Crippen molar-refractivity contribution in [3.05, 3.63) is 47.2 Å². The molecule has 0 radical (unpaired) electrons. The molecule has 0 saturated heterocycles. The summed E-state index contributed by atoms with van der Waals surface area (Å²) in [5.74, 6) is 0.143. The number of furan rings is 1. The molecule has 1 heterocycles. The molecule has 0 unspecified atom stereocenters. The molecule has 0 aliphatic heterocycles.